The van der Waals surface area contributed by atoms with Gasteiger partial charge in [-0.25, -0.2) is 0 Å². The minimum Gasteiger partial charge on any atom is -0.497 e. The number of fused-ring (bicyclic) bond motifs is 1. The SMILES string of the molecule is COc1cc(OC)cc(-c2nn(-c3cc(N4CCC(O)C4)ccc3C(F)(F)F)c(=O)c3c2CCN3CCNC(C)=O)c1. The Bertz CT molecular complexity index is 1540. The van der Waals surface area contributed by atoms with Crippen LogP contribution >= 0.6 is 0 Å². The van der Waals surface area contributed by atoms with Crippen molar-refractivity contribution in [1.82, 2.24) is 15.1 Å². The van der Waals surface area contributed by atoms with E-state index in [1.54, 1.807) is 28.0 Å². The summed E-state index contributed by atoms with van der Waals surface area (Å²) in [5.41, 5.74) is -0.0595. The maximum Gasteiger partial charge on any atom is 0.418 e. The van der Waals surface area contributed by atoms with Crippen LogP contribution in [0.1, 0.15) is 24.5 Å². The molecule has 1 fully saturated rings. The lowest BCUT2D eigenvalue weighted by molar-refractivity contribution is -0.137. The highest BCUT2D eigenvalue weighted by atomic mass is 19.4. The number of nitrogens with zero attached hydrogens (tertiary/aromatic N) is 4. The molecule has 2 aliphatic rings. The molecule has 1 unspecified atom stereocenters. The smallest absolute Gasteiger partial charge is 0.418 e. The van der Waals surface area contributed by atoms with Crippen LogP contribution in [0, 0.1) is 0 Å². The number of anilines is 2. The second-order valence-corrected chi connectivity index (χ2v) is 10.3. The van der Waals surface area contributed by atoms with E-state index in [2.05, 4.69) is 10.4 Å². The predicted octanol–water partition coefficient (Wildman–Crippen LogP) is 3.01. The van der Waals surface area contributed by atoms with E-state index in [9.17, 15) is 27.9 Å². The summed E-state index contributed by atoms with van der Waals surface area (Å²) in [6.45, 7) is 3.06. The zero-order chi connectivity index (χ0) is 30.2. The Morgan fingerprint density at radius 3 is 2.43 bits per heavy atom. The fourth-order valence-electron chi connectivity index (χ4n) is 5.51. The van der Waals surface area contributed by atoms with Gasteiger partial charge in [0, 0.05) is 62.5 Å². The number of carbonyl (C=O) groups excluding carboxylic acids is 1. The number of aromatic nitrogens is 2. The van der Waals surface area contributed by atoms with Gasteiger partial charge in [0.1, 0.15) is 17.2 Å². The lowest BCUT2D eigenvalue weighted by atomic mass is 10.0. The molecule has 42 heavy (non-hydrogen) atoms. The average Bonchev–Trinajstić information content (AvgIpc) is 3.59. The first-order valence-corrected chi connectivity index (χ1v) is 13.5. The van der Waals surface area contributed by atoms with E-state index in [1.807, 2.05) is 0 Å². The van der Waals surface area contributed by atoms with Crippen molar-refractivity contribution in [2.45, 2.75) is 32.0 Å². The molecule has 1 amide bonds. The van der Waals surface area contributed by atoms with Gasteiger partial charge >= 0.3 is 6.18 Å². The molecule has 10 nitrogen and oxygen atoms in total. The molecule has 1 atom stereocenters. The van der Waals surface area contributed by atoms with Crippen LogP contribution in [0.15, 0.2) is 41.2 Å². The van der Waals surface area contributed by atoms with E-state index in [4.69, 9.17) is 9.47 Å². The van der Waals surface area contributed by atoms with Crippen LogP contribution in [0.2, 0.25) is 0 Å². The summed E-state index contributed by atoms with van der Waals surface area (Å²) in [4.78, 5) is 29.1. The van der Waals surface area contributed by atoms with E-state index in [0.29, 0.717) is 59.9 Å². The fourth-order valence-corrected chi connectivity index (χ4v) is 5.51. The van der Waals surface area contributed by atoms with E-state index < -0.39 is 29.1 Å². The first-order valence-electron chi connectivity index (χ1n) is 13.5. The molecule has 0 spiro atoms. The summed E-state index contributed by atoms with van der Waals surface area (Å²) in [5, 5.41) is 17.3. The molecule has 2 N–H and O–H groups in total. The van der Waals surface area contributed by atoms with Crippen LogP contribution < -0.4 is 30.1 Å². The largest absolute Gasteiger partial charge is 0.497 e. The van der Waals surface area contributed by atoms with Crippen LogP contribution in [0.4, 0.5) is 24.5 Å². The number of hydrogen-bond acceptors (Lipinski definition) is 8. The molecule has 3 heterocycles. The van der Waals surface area contributed by atoms with Gasteiger partial charge in [0.2, 0.25) is 5.91 Å². The highest BCUT2D eigenvalue weighted by Gasteiger charge is 2.37. The summed E-state index contributed by atoms with van der Waals surface area (Å²) < 4.78 is 54.8. The van der Waals surface area contributed by atoms with Crippen LogP contribution in [-0.4, -0.2) is 73.8 Å². The van der Waals surface area contributed by atoms with E-state index in [0.717, 1.165) is 10.7 Å². The van der Waals surface area contributed by atoms with Crippen molar-refractivity contribution < 1.29 is 32.5 Å². The summed E-state index contributed by atoms with van der Waals surface area (Å²) in [6.07, 6.45) is -4.46. The predicted molar refractivity (Wildman–Crippen MR) is 151 cm³/mol. The Hall–Kier alpha value is -4.26. The first-order chi connectivity index (χ1) is 20.0. The van der Waals surface area contributed by atoms with Gasteiger partial charge in [-0.3, -0.25) is 9.59 Å². The maximum atomic E-state index is 14.4. The molecule has 0 bridgehead atoms. The monoisotopic (exact) mass is 587 g/mol. The Morgan fingerprint density at radius 1 is 1.12 bits per heavy atom. The standard InChI is InChI=1S/C29H32F3N5O5/c1-17(38)33-8-11-35-10-7-23-26(18-12-21(41-2)15-22(13-18)42-3)34-37(28(40)27(23)35)25-14-19(36-9-6-20(39)16-36)4-5-24(25)29(30,31)32/h4-5,12-15,20,39H,6-11,16H2,1-3H3,(H,33,38). The van der Waals surface area contributed by atoms with Gasteiger partial charge in [0.25, 0.3) is 5.56 Å². The summed E-state index contributed by atoms with van der Waals surface area (Å²) in [7, 11) is 2.97. The number of aliphatic hydroxyl groups excluding tert-OH is 1. The van der Waals surface area contributed by atoms with Gasteiger partial charge in [-0.05, 0) is 43.2 Å². The minimum absolute atomic E-state index is 0.224. The molecule has 3 aromatic rings. The molecule has 1 saturated heterocycles. The van der Waals surface area contributed by atoms with Crippen molar-refractivity contribution >= 4 is 17.3 Å². The Kier molecular flexibility index (Phi) is 8.04. The van der Waals surface area contributed by atoms with Crippen LogP contribution in [0.3, 0.4) is 0 Å². The highest BCUT2D eigenvalue weighted by molar-refractivity contribution is 5.75. The number of amides is 1. The third kappa shape index (κ3) is 5.73. The minimum atomic E-state index is -4.77. The molecular weight excluding hydrogens is 555 g/mol. The summed E-state index contributed by atoms with van der Waals surface area (Å²) >= 11 is 0. The van der Waals surface area contributed by atoms with Crippen molar-refractivity contribution in [2.75, 3.05) is 56.7 Å². The number of alkyl halides is 3. The number of rotatable bonds is 8. The van der Waals surface area contributed by atoms with Gasteiger partial charge in [0.05, 0.1) is 37.3 Å². The number of nitrogens with one attached hydrogen (secondary N) is 1. The molecule has 2 aliphatic heterocycles. The maximum absolute atomic E-state index is 14.4. The lowest BCUT2D eigenvalue weighted by Crippen LogP contribution is -2.37. The zero-order valence-corrected chi connectivity index (χ0v) is 23.5. The molecule has 0 aliphatic carbocycles. The van der Waals surface area contributed by atoms with E-state index >= 15 is 0 Å². The molecule has 224 valence electrons. The number of benzene rings is 2. The van der Waals surface area contributed by atoms with Gasteiger partial charge in [-0.1, -0.05) is 0 Å². The number of ether oxygens (including phenoxy) is 2. The summed E-state index contributed by atoms with van der Waals surface area (Å²) in [5.74, 6) is 0.664. The van der Waals surface area contributed by atoms with E-state index in [1.165, 1.54) is 33.3 Å². The second-order valence-electron chi connectivity index (χ2n) is 10.3. The third-order valence-corrected chi connectivity index (χ3v) is 7.54. The third-order valence-electron chi connectivity index (χ3n) is 7.54. The average molecular weight is 588 g/mol. The van der Waals surface area contributed by atoms with Gasteiger partial charge in [-0.15, -0.1) is 0 Å². The second kappa shape index (κ2) is 11.6. The molecule has 1 aromatic heterocycles. The van der Waals surface area contributed by atoms with Crippen molar-refractivity contribution in [3.8, 4) is 28.4 Å². The topological polar surface area (TPSA) is 109 Å². The molecule has 5 rings (SSSR count). The number of β-amino-alcohol motifs (C(OH)–C–C–N with tert-alkyl or cyclic N) is 1. The number of methoxy groups -OCH3 is 2. The van der Waals surface area contributed by atoms with Gasteiger partial charge in [-0.2, -0.15) is 23.0 Å². The number of halogens is 3. The van der Waals surface area contributed by atoms with Crippen LogP contribution in [0.5, 0.6) is 11.5 Å². The number of hydrogen-bond donors (Lipinski definition) is 2. The van der Waals surface area contributed by atoms with Crippen molar-refractivity contribution in [1.29, 1.82) is 0 Å². The molecular formula is C29H32F3N5O5. The lowest BCUT2D eigenvalue weighted by Gasteiger charge is -2.23. The quantitative estimate of drug-likeness (QED) is 0.414. The highest BCUT2D eigenvalue weighted by Crippen LogP contribution is 2.39. The zero-order valence-electron chi connectivity index (χ0n) is 23.5. The van der Waals surface area contributed by atoms with E-state index in [-0.39, 0.29) is 31.2 Å². The first kappa shape index (κ1) is 29.2. The number of aliphatic hydroxyl groups is 1. The van der Waals surface area contributed by atoms with Crippen LogP contribution in [-0.2, 0) is 17.4 Å². The number of carbonyl (C=O) groups is 1. The normalized spacial score (nSPS) is 16.5. The Morgan fingerprint density at radius 2 is 1.83 bits per heavy atom. The fraction of sp³-hybridized carbons (Fsp3) is 0.414. The summed E-state index contributed by atoms with van der Waals surface area (Å²) in [6, 6.07) is 8.62. The van der Waals surface area contributed by atoms with Gasteiger partial charge < -0.3 is 29.7 Å². The van der Waals surface area contributed by atoms with Crippen LogP contribution in [0.25, 0.3) is 16.9 Å². The molecule has 2 aromatic carbocycles. The van der Waals surface area contributed by atoms with Crippen molar-refractivity contribution in [2.24, 2.45) is 0 Å². The molecule has 0 radical (unpaired) electrons. The van der Waals surface area contributed by atoms with Gasteiger partial charge in [0.15, 0.2) is 0 Å². The Labute approximate surface area is 240 Å². The Balaban J connectivity index is 1.75. The molecule has 13 heteroatoms. The van der Waals surface area contributed by atoms with Crippen molar-refractivity contribution in [3.63, 3.8) is 0 Å². The van der Waals surface area contributed by atoms with Crippen molar-refractivity contribution in [3.05, 3.63) is 57.9 Å². The molecule has 0 saturated carbocycles.